The third kappa shape index (κ3) is 4.87. The Morgan fingerprint density at radius 3 is 2.34 bits per heavy atom. The van der Waals surface area contributed by atoms with E-state index in [0.29, 0.717) is 50.9 Å². The van der Waals surface area contributed by atoms with Gasteiger partial charge in [0, 0.05) is 37.3 Å². The molecule has 1 aromatic carbocycles. The van der Waals surface area contributed by atoms with Crippen LogP contribution in [-0.4, -0.2) is 66.4 Å². The number of nitrogens with one attached hydrogen (secondary N) is 1. The molecule has 2 atom stereocenters. The van der Waals surface area contributed by atoms with E-state index in [1.165, 1.54) is 6.08 Å². The van der Waals surface area contributed by atoms with E-state index in [-0.39, 0.29) is 23.9 Å². The highest BCUT2D eigenvalue weighted by atomic mass is 32.2. The van der Waals surface area contributed by atoms with Crippen molar-refractivity contribution in [2.24, 2.45) is 0 Å². The lowest BCUT2D eigenvalue weighted by atomic mass is 10.0. The summed E-state index contributed by atoms with van der Waals surface area (Å²) in [5, 5.41) is 2.39. The number of amides is 2. The van der Waals surface area contributed by atoms with Gasteiger partial charge in [0.2, 0.25) is 15.9 Å². The molecule has 0 aromatic heterocycles. The Kier molecular flexibility index (Phi) is 6.74. The topological polar surface area (TPSA) is 86.8 Å². The molecule has 2 amide bonds. The van der Waals surface area contributed by atoms with Gasteiger partial charge in [-0.3, -0.25) is 9.59 Å². The number of nitrogens with zero attached hydrogens (tertiary/aromatic N) is 2. The smallest absolute Gasteiger partial charge is 0.253 e. The van der Waals surface area contributed by atoms with E-state index in [0.717, 1.165) is 0 Å². The highest BCUT2D eigenvalue weighted by molar-refractivity contribution is 7.89. The fourth-order valence-corrected chi connectivity index (χ4v) is 6.37. The summed E-state index contributed by atoms with van der Waals surface area (Å²) in [4.78, 5) is 25.8. The zero-order chi connectivity index (χ0) is 21.0. The summed E-state index contributed by atoms with van der Waals surface area (Å²) in [6, 6.07) is 8.87. The summed E-state index contributed by atoms with van der Waals surface area (Å²) in [6.07, 6.45) is 3.30. The lowest BCUT2D eigenvalue weighted by molar-refractivity contribution is -0.117. The summed E-state index contributed by atoms with van der Waals surface area (Å²) in [5.41, 5.74) is 0.631. The van der Waals surface area contributed by atoms with Crippen LogP contribution in [0.1, 0.15) is 43.0 Å². The molecule has 1 N–H and O–H groups in total. The van der Waals surface area contributed by atoms with E-state index in [9.17, 15) is 18.0 Å². The molecule has 2 unspecified atom stereocenters. The van der Waals surface area contributed by atoms with Gasteiger partial charge in [-0.1, -0.05) is 24.8 Å². The second kappa shape index (κ2) is 9.09. The van der Waals surface area contributed by atoms with Crippen LogP contribution in [0.4, 0.5) is 0 Å². The van der Waals surface area contributed by atoms with Gasteiger partial charge in [-0.05, 0) is 50.8 Å². The van der Waals surface area contributed by atoms with E-state index in [1.54, 1.807) is 21.3 Å². The number of rotatable bonds is 5. The highest BCUT2D eigenvalue weighted by Gasteiger charge is 2.40. The minimum atomic E-state index is -3.44. The molecule has 0 spiro atoms. The summed E-state index contributed by atoms with van der Waals surface area (Å²) in [7, 11) is -3.44. The van der Waals surface area contributed by atoms with Gasteiger partial charge >= 0.3 is 0 Å². The number of piperidine rings is 2. The van der Waals surface area contributed by atoms with Crippen molar-refractivity contribution in [3.05, 3.63) is 48.6 Å². The second-order valence-electron chi connectivity index (χ2n) is 7.80. The first-order chi connectivity index (χ1) is 13.8. The van der Waals surface area contributed by atoms with Crippen molar-refractivity contribution in [1.29, 1.82) is 0 Å². The van der Waals surface area contributed by atoms with E-state index >= 15 is 0 Å². The average molecular weight is 420 g/mol. The van der Waals surface area contributed by atoms with Crippen LogP contribution in [0.2, 0.25) is 0 Å². The lowest BCUT2D eigenvalue weighted by Crippen LogP contribution is -2.54. The summed E-state index contributed by atoms with van der Waals surface area (Å²) >= 11 is 0. The molecular weight excluding hydrogens is 390 g/mol. The van der Waals surface area contributed by atoms with Gasteiger partial charge in [0.25, 0.3) is 5.91 Å². The molecular formula is C21H29N3O4S. The van der Waals surface area contributed by atoms with E-state index in [2.05, 4.69) is 11.9 Å². The number of carbonyl (C=O) groups excluding carboxylic acids is 2. The summed E-state index contributed by atoms with van der Waals surface area (Å²) < 4.78 is 28.0. The predicted molar refractivity (Wildman–Crippen MR) is 112 cm³/mol. The van der Waals surface area contributed by atoms with Crippen LogP contribution < -0.4 is 5.32 Å². The van der Waals surface area contributed by atoms with Crippen molar-refractivity contribution in [3.8, 4) is 0 Å². The van der Waals surface area contributed by atoms with Crippen molar-refractivity contribution in [2.45, 2.75) is 49.9 Å². The third-order valence-electron chi connectivity index (χ3n) is 5.85. The van der Waals surface area contributed by atoms with Gasteiger partial charge in [-0.2, -0.15) is 4.31 Å². The molecule has 8 heteroatoms. The number of sulfonamides is 1. The number of likely N-dealkylation sites (tertiary alicyclic amines) is 1. The first-order valence-electron chi connectivity index (χ1n) is 10.1. The molecule has 2 heterocycles. The lowest BCUT2D eigenvalue weighted by Gasteiger charge is -2.40. The molecule has 3 rings (SSSR count). The van der Waals surface area contributed by atoms with E-state index in [4.69, 9.17) is 0 Å². The molecule has 0 aliphatic carbocycles. The van der Waals surface area contributed by atoms with E-state index < -0.39 is 15.3 Å². The maximum atomic E-state index is 13.2. The van der Waals surface area contributed by atoms with Crippen LogP contribution in [0.25, 0.3) is 0 Å². The molecule has 2 aliphatic rings. The Morgan fingerprint density at radius 1 is 1.10 bits per heavy atom. The Labute approximate surface area is 172 Å². The molecule has 29 heavy (non-hydrogen) atoms. The Bertz CT molecular complexity index is 848. The number of hydrogen-bond donors (Lipinski definition) is 1. The molecule has 2 saturated heterocycles. The van der Waals surface area contributed by atoms with Crippen molar-refractivity contribution in [1.82, 2.24) is 14.5 Å². The fraction of sp³-hybridized carbons (Fsp3) is 0.524. The monoisotopic (exact) mass is 419 g/mol. The third-order valence-corrected chi connectivity index (χ3v) is 8.36. The van der Waals surface area contributed by atoms with Crippen LogP contribution in [0.3, 0.4) is 0 Å². The van der Waals surface area contributed by atoms with Crippen molar-refractivity contribution in [3.63, 3.8) is 0 Å². The maximum absolute atomic E-state index is 13.2. The molecule has 0 bridgehead atoms. The molecule has 2 fully saturated rings. The quantitative estimate of drug-likeness (QED) is 0.737. The van der Waals surface area contributed by atoms with Crippen LogP contribution in [-0.2, 0) is 14.8 Å². The molecule has 2 aliphatic heterocycles. The maximum Gasteiger partial charge on any atom is 0.253 e. The zero-order valence-electron chi connectivity index (χ0n) is 16.8. The standard InChI is InChI=1S/C21H29N3O4S/c1-3-20(25)22-18-9-14-24(16(2)15-18)29(27,28)19-10-12-23(13-11-19)21(26)17-7-5-4-6-8-17/h3-8,16,18-19H,1,9-15H2,2H3,(H,22,25). The largest absolute Gasteiger partial charge is 0.350 e. The molecule has 1 aromatic rings. The van der Waals surface area contributed by atoms with Gasteiger partial charge in [-0.25, -0.2) is 8.42 Å². The van der Waals surface area contributed by atoms with Crippen molar-refractivity contribution in [2.75, 3.05) is 19.6 Å². The Morgan fingerprint density at radius 2 is 1.76 bits per heavy atom. The van der Waals surface area contributed by atoms with Gasteiger partial charge in [-0.15, -0.1) is 0 Å². The van der Waals surface area contributed by atoms with Gasteiger partial charge in [0.15, 0.2) is 0 Å². The molecule has 0 saturated carbocycles. The fourth-order valence-electron chi connectivity index (χ4n) is 4.23. The van der Waals surface area contributed by atoms with Gasteiger partial charge < -0.3 is 10.2 Å². The average Bonchev–Trinajstić information content (AvgIpc) is 2.73. The van der Waals surface area contributed by atoms with Crippen molar-refractivity contribution < 1.29 is 18.0 Å². The second-order valence-corrected chi connectivity index (χ2v) is 9.96. The molecule has 158 valence electrons. The van der Waals surface area contributed by atoms with Crippen LogP contribution >= 0.6 is 0 Å². The van der Waals surface area contributed by atoms with E-state index in [1.807, 2.05) is 25.1 Å². The zero-order valence-corrected chi connectivity index (χ0v) is 17.6. The number of hydrogen-bond acceptors (Lipinski definition) is 4. The number of carbonyl (C=O) groups is 2. The minimum absolute atomic E-state index is 0.0349. The molecule has 0 radical (unpaired) electrons. The van der Waals surface area contributed by atoms with Crippen molar-refractivity contribution >= 4 is 21.8 Å². The predicted octanol–water partition coefficient (Wildman–Crippen LogP) is 1.78. The number of benzene rings is 1. The Hall–Kier alpha value is -2.19. The van der Waals surface area contributed by atoms with Gasteiger partial charge in [0.05, 0.1) is 5.25 Å². The first-order valence-corrected chi connectivity index (χ1v) is 11.6. The van der Waals surface area contributed by atoms with Gasteiger partial charge in [0.1, 0.15) is 0 Å². The SMILES string of the molecule is C=CC(=O)NC1CCN(S(=O)(=O)C2CCN(C(=O)c3ccccc3)CC2)C(C)C1. The molecule has 7 nitrogen and oxygen atoms in total. The van der Waals surface area contributed by atoms with Crippen LogP contribution in [0.15, 0.2) is 43.0 Å². The summed E-state index contributed by atoms with van der Waals surface area (Å²) in [6.45, 7) is 6.62. The van der Waals surface area contributed by atoms with Crippen LogP contribution in [0, 0.1) is 0 Å². The minimum Gasteiger partial charge on any atom is -0.350 e. The first kappa shape index (κ1) is 21.5. The summed E-state index contributed by atoms with van der Waals surface area (Å²) in [5.74, 6) is -0.275. The normalized spacial score (nSPS) is 24.1. The Balaban J connectivity index is 1.58. The highest BCUT2D eigenvalue weighted by Crippen LogP contribution is 2.28. The van der Waals surface area contributed by atoms with Crippen LogP contribution in [0.5, 0.6) is 0 Å².